The highest BCUT2D eigenvalue weighted by atomic mass is 16.7. The fourth-order valence-corrected chi connectivity index (χ4v) is 0.761. The molecule has 10 heavy (non-hydrogen) atoms. The molecule has 0 amide bonds. The van der Waals surface area contributed by atoms with Crippen molar-refractivity contribution in [3.63, 3.8) is 0 Å². The van der Waals surface area contributed by atoms with Gasteiger partial charge in [-0.25, -0.2) is 0 Å². The Hall–Kier alpha value is -0.120. The van der Waals surface area contributed by atoms with Crippen LogP contribution in [0.1, 0.15) is 20.8 Å². The molecule has 1 saturated heterocycles. The molecule has 1 fully saturated rings. The van der Waals surface area contributed by atoms with Crippen LogP contribution in [0.4, 0.5) is 0 Å². The van der Waals surface area contributed by atoms with Crippen LogP contribution >= 0.6 is 0 Å². The summed E-state index contributed by atoms with van der Waals surface area (Å²) in [5, 5.41) is 2.97. The van der Waals surface area contributed by atoms with Crippen LogP contribution in [-0.4, -0.2) is 26.2 Å². The SMILES string of the molecule is CC.CNC1OCOC1C. The summed E-state index contributed by atoms with van der Waals surface area (Å²) in [5.74, 6) is 0. The summed E-state index contributed by atoms with van der Waals surface area (Å²) in [7, 11) is 1.86. The van der Waals surface area contributed by atoms with Crippen LogP contribution in [0.15, 0.2) is 0 Å². The third-order valence-electron chi connectivity index (χ3n) is 1.29. The molecule has 62 valence electrons. The van der Waals surface area contributed by atoms with Crippen molar-refractivity contribution in [3.05, 3.63) is 0 Å². The predicted molar refractivity (Wildman–Crippen MR) is 40.7 cm³/mol. The lowest BCUT2D eigenvalue weighted by atomic mass is 10.4. The Balaban J connectivity index is 0.000000371. The van der Waals surface area contributed by atoms with Crippen LogP contribution in [0.2, 0.25) is 0 Å². The van der Waals surface area contributed by atoms with E-state index in [1.165, 1.54) is 0 Å². The van der Waals surface area contributed by atoms with Crippen LogP contribution in [0.3, 0.4) is 0 Å². The van der Waals surface area contributed by atoms with Crippen LogP contribution in [0.25, 0.3) is 0 Å². The van der Waals surface area contributed by atoms with Crippen molar-refractivity contribution in [1.82, 2.24) is 5.32 Å². The quantitative estimate of drug-likeness (QED) is 0.599. The Bertz CT molecular complexity index is 78.0. The molecule has 2 unspecified atom stereocenters. The maximum Gasteiger partial charge on any atom is 0.149 e. The first-order chi connectivity index (χ1) is 4.84. The lowest BCUT2D eigenvalue weighted by molar-refractivity contribution is 0.0360. The van der Waals surface area contributed by atoms with Gasteiger partial charge in [0.05, 0.1) is 6.10 Å². The standard InChI is InChI=1S/C5H11NO2.C2H6/c1-4-5(6-2)8-3-7-4;1-2/h4-6H,3H2,1-2H3;1-2H3. The van der Waals surface area contributed by atoms with Crippen molar-refractivity contribution in [1.29, 1.82) is 0 Å². The zero-order chi connectivity index (χ0) is 7.98. The van der Waals surface area contributed by atoms with Gasteiger partial charge < -0.3 is 9.47 Å². The van der Waals surface area contributed by atoms with Crippen molar-refractivity contribution >= 4 is 0 Å². The first-order valence-corrected chi connectivity index (χ1v) is 3.75. The Morgan fingerprint density at radius 2 is 1.90 bits per heavy atom. The number of rotatable bonds is 1. The molecule has 0 aliphatic carbocycles. The van der Waals surface area contributed by atoms with Crippen molar-refractivity contribution in [2.24, 2.45) is 0 Å². The van der Waals surface area contributed by atoms with Crippen LogP contribution in [-0.2, 0) is 9.47 Å². The second-order valence-corrected chi connectivity index (χ2v) is 1.87. The van der Waals surface area contributed by atoms with Crippen molar-refractivity contribution in [2.45, 2.75) is 33.1 Å². The minimum Gasteiger partial charge on any atom is -0.348 e. The van der Waals surface area contributed by atoms with Gasteiger partial charge in [0.1, 0.15) is 13.0 Å². The molecular formula is C7H17NO2. The van der Waals surface area contributed by atoms with E-state index in [-0.39, 0.29) is 12.3 Å². The van der Waals surface area contributed by atoms with Gasteiger partial charge in [0.25, 0.3) is 0 Å². The minimum absolute atomic E-state index is 0.0926. The third-order valence-corrected chi connectivity index (χ3v) is 1.29. The summed E-state index contributed by atoms with van der Waals surface area (Å²) in [6, 6.07) is 0. The van der Waals surface area contributed by atoms with Crippen LogP contribution in [0.5, 0.6) is 0 Å². The second kappa shape index (κ2) is 5.65. The molecule has 0 aromatic heterocycles. The van der Waals surface area contributed by atoms with Crippen molar-refractivity contribution in [3.8, 4) is 0 Å². The largest absolute Gasteiger partial charge is 0.348 e. The zero-order valence-corrected chi connectivity index (χ0v) is 7.18. The van der Waals surface area contributed by atoms with Crippen molar-refractivity contribution < 1.29 is 9.47 Å². The lowest BCUT2D eigenvalue weighted by Crippen LogP contribution is -2.32. The molecule has 0 radical (unpaired) electrons. The van der Waals surface area contributed by atoms with Gasteiger partial charge in [-0.1, -0.05) is 13.8 Å². The molecule has 2 atom stereocenters. The van der Waals surface area contributed by atoms with E-state index in [4.69, 9.17) is 9.47 Å². The summed E-state index contributed by atoms with van der Waals surface area (Å²) in [6.07, 6.45) is 0.287. The monoisotopic (exact) mass is 147 g/mol. The molecule has 0 aromatic rings. The highest BCUT2D eigenvalue weighted by Gasteiger charge is 2.22. The molecule has 3 nitrogen and oxygen atoms in total. The highest BCUT2D eigenvalue weighted by Crippen LogP contribution is 2.07. The average molecular weight is 147 g/mol. The predicted octanol–water partition coefficient (Wildman–Crippen LogP) is 0.951. The van der Waals surface area contributed by atoms with E-state index in [1.54, 1.807) is 0 Å². The molecule has 0 aromatic carbocycles. The van der Waals surface area contributed by atoms with Gasteiger partial charge in [0, 0.05) is 0 Å². The Morgan fingerprint density at radius 1 is 1.30 bits per heavy atom. The lowest BCUT2D eigenvalue weighted by Gasteiger charge is -2.09. The van der Waals surface area contributed by atoms with Crippen LogP contribution < -0.4 is 5.32 Å². The van der Waals surface area contributed by atoms with E-state index in [9.17, 15) is 0 Å². The van der Waals surface area contributed by atoms with E-state index in [1.807, 2.05) is 27.8 Å². The molecular weight excluding hydrogens is 130 g/mol. The number of nitrogens with one attached hydrogen (secondary N) is 1. The maximum atomic E-state index is 5.08. The molecule has 0 saturated carbocycles. The minimum atomic E-state index is 0.0926. The summed E-state index contributed by atoms with van der Waals surface area (Å²) < 4.78 is 10.2. The number of hydrogen-bond donors (Lipinski definition) is 1. The first kappa shape index (κ1) is 9.88. The number of likely N-dealkylation sites (N-methyl/N-ethyl adjacent to an activating group) is 1. The van der Waals surface area contributed by atoms with E-state index in [2.05, 4.69) is 5.32 Å². The Labute approximate surface area is 62.7 Å². The molecule has 1 aliphatic rings. The fraction of sp³-hybridized carbons (Fsp3) is 1.00. The molecule has 1 heterocycles. The number of ether oxygens (including phenoxy) is 2. The fourth-order valence-electron chi connectivity index (χ4n) is 0.761. The highest BCUT2D eigenvalue weighted by molar-refractivity contribution is 4.63. The summed E-state index contributed by atoms with van der Waals surface area (Å²) in [4.78, 5) is 0. The zero-order valence-electron chi connectivity index (χ0n) is 7.18. The maximum absolute atomic E-state index is 5.08. The van der Waals surface area contributed by atoms with Crippen LogP contribution in [0, 0.1) is 0 Å². The molecule has 0 bridgehead atoms. The van der Waals surface area contributed by atoms with E-state index in [0.717, 1.165) is 0 Å². The molecule has 1 N–H and O–H groups in total. The second-order valence-electron chi connectivity index (χ2n) is 1.87. The van der Waals surface area contributed by atoms with E-state index >= 15 is 0 Å². The van der Waals surface area contributed by atoms with Crippen molar-refractivity contribution in [2.75, 3.05) is 13.8 Å². The summed E-state index contributed by atoms with van der Waals surface area (Å²) in [6.45, 7) is 6.40. The van der Waals surface area contributed by atoms with Gasteiger partial charge in [-0.15, -0.1) is 0 Å². The van der Waals surface area contributed by atoms with Gasteiger partial charge in [-0.2, -0.15) is 0 Å². The normalized spacial score (nSPS) is 31.2. The smallest absolute Gasteiger partial charge is 0.149 e. The van der Waals surface area contributed by atoms with Gasteiger partial charge in [-0.3, -0.25) is 5.32 Å². The van der Waals surface area contributed by atoms with E-state index < -0.39 is 0 Å². The topological polar surface area (TPSA) is 30.5 Å². The van der Waals surface area contributed by atoms with E-state index in [0.29, 0.717) is 6.79 Å². The van der Waals surface area contributed by atoms with Gasteiger partial charge in [0.2, 0.25) is 0 Å². The van der Waals surface area contributed by atoms with Gasteiger partial charge in [0.15, 0.2) is 0 Å². The number of hydrogen-bond acceptors (Lipinski definition) is 3. The third kappa shape index (κ3) is 2.64. The first-order valence-electron chi connectivity index (χ1n) is 3.75. The molecule has 3 heteroatoms. The van der Waals surface area contributed by atoms with Gasteiger partial charge >= 0.3 is 0 Å². The molecule has 0 spiro atoms. The average Bonchev–Trinajstić information content (AvgIpc) is 2.39. The Morgan fingerprint density at radius 3 is 2.10 bits per heavy atom. The summed E-state index contributed by atoms with van der Waals surface area (Å²) in [5.41, 5.74) is 0. The van der Waals surface area contributed by atoms with Gasteiger partial charge in [-0.05, 0) is 14.0 Å². The summed E-state index contributed by atoms with van der Waals surface area (Å²) >= 11 is 0. The Kier molecular flexibility index (Phi) is 5.58. The molecule has 1 rings (SSSR count). The molecule has 1 aliphatic heterocycles.